The van der Waals surface area contributed by atoms with E-state index in [9.17, 15) is 0 Å². The molecule has 0 amide bonds. The molecule has 2 heteroatoms. The molecule has 0 radical (unpaired) electrons. The Labute approximate surface area is 149 Å². The highest BCUT2D eigenvalue weighted by atomic mass is 16.5. The smallest absolute Gasteiger partial charge is 0.183 e. The van der Waals surface area contributed by atoms with Crippen LogP contribution in [0.1, 0.15) is 85.0 Å². The molecule has 24 heavy (non-hydrogen) atoms. The van der Waals surface area contributed by atoms with Gasteiger partial charge in [0.2, 0.25) is 0 Å². The number of ether oxygens (including phenoxy) is 1. The third-order valence-corrected chi connectivity index (χ3v) is 4.11. The van der Waals surface area contributed by atoms with Crippen LogP contribution in [-0.4, -0.2) is 18.0 Å². The van der Waals surface area contributed by atoms with Gasteiger partial charge in [-0.2, -0.15) is 0 Å². The van der Waals surface area contributed by atoms with Crippen LogP contribution in [0.3, 0.4) is 0 Å². The van der Waals surface area contributed by atoms with Crippen LogP contribution in [0.2, 0.25) is 0 Å². The highest BCUT2D eigenvalue weighted by Gasteiger charge is 2.25. The zero-order chi connectivity index (χ0) is 17.5. The number of nitrogens with zero attached hydrogens (tertiary/aromatic N) is 1. The first-order chi connectivity index (χ1) is 11.6. The van der Waals surface area contributed by atoms with Crippen molar-refractivity contribution in [3.63, 3.8) is 0 Å². The second-order valence-corrected chi connectivity index (χ2v) is 7.30. The summed E-state index contributed by atoms with van der Waals surface area (Å²) < 4.78 is 5.61. The van der Waals surface area contributed by atoms with Crippen LogP contribution < -0.4 is 0 Å². The maximum Gasteiger partial charge on any atom is 0.183 e. The van der Waals surface area contributed by atoms with E-state index in [1.807, 2.05) is 0 Å². The minimum Gasteiger partial charge on any atom is -0.478 e. The molecule has 0 spiro atoms. The average Bonchev–Trinajstić information content (AvgIpc) is 2.90. The van der Waals surface area contributed by atoms with E-state index in [4.69, 9.17) is 4.74 Å². The minimum absolute atomic E-state index is 0.00165. The van der Waals surface area contributed by atoms with Crippen molar-refractivity contribution in [3.8, 4) is 0 Å². The lowest BCUT2D eigenvalue weighted by Crippen LogP contribution is -2.17. The van der Waals surface area contributed by atoms with Crippen molar-refractivity contribution in [1.29, 1.82) is 0 Å². The van der Waals surface area contributed by atoms with Crippen LogP contribution in [-0.2, 0) is 4.74 Å². The van der Waals surface area contributed by atoms with Gasteiger partial charge in [0, 0.05) is 6.42 Å². The largest absolute Gasteiger partial charge is 0.478 e. The van der Waals surface area contributed by atoms with Crippen LogP contribution in [0.15, 0.2) is 41.4 Å². The summed E-state index contributed by atoms with van der Waals surface area (Å²) in [6, 6.07) is 0. The molecule has 0 unspecified atom stereocenters. The van der Waals surface area contributed by atoms with E-state index in [-0.39, 0.29) is 5.54 Å². The number of unbranched alkanes of at least 4 members (excludes halogenated alkanes) is 7. The van der Waals surface area contributed by atoms with E-state index in [0.29, 0.717) is 0 Å². The molecule has 0 aromatic rings. The first-order valence-corrected chi connectivity index (χ1v) is 9.84. The van der Waals surface area contributed by atoms with Crippen LogP contribution in [0, 0.1) is 0 Å². The van der Waals surface area contributed by atoms with Gasteiger partial charge in [-0.3, -0.25) is 0 Å². The molecule has 136 valence electrons. The molecule has 0 aliphatic carbocycles. The van der Waals surface area contributed by atoms with Gasteiger partial charge in [-0.15, -0.1) is 0 Å². The van der Waals surface area contributed by atoms with Crippen molar-refractivity contribution in [2.24, 2.45) is 4.99 Å². The quantitative estimate of drug-likeness (QED) is 0.269. The predicted molar refractivity (Wildman–Crippen MR) is 107 cm³/mol. The van der Waals surface area contributed by atoms with Gasteiger partial charge >= 0.3 is 0 Å². The first-order valence-electron chi connectivity index (χ1n) is 9.84. The standard InChI is InChI=1S/C22H37NO/c1-4-5-6-7-8-9-10-11-12-13-14-15-16-17-18-19-21-23-22(2,3)20-24-21/h8-13H,4-7,14-20H2,1-3H3/b9-8+,11-10+,13-12+. The molecular weight excluding hydrogens is 294 g/mol. The fourth-order valence-corrected chi connectivity index (χ4v) is 2.67. The van der Waals surface area contributed by atoms with Crippen molar-refractivity contribution in [3.05, 3.63) is 36.5 Å². The molecule has 1 rings (SSSR count). The lowest BCUT2D eigenvalue weighted by Gasteiger charge is -2.07. The highest BCUT2D eigenvalue weighted by molar-refractivity contribution is 5.78. The predicted octanol–water partition coefficient (Wildman–Crippen LogP) is 6.78. The van der Waals surface area contributed by atoms with Gasteiger partial charge in [0.1, 0.15) is 6.61 Å². The van der Waals surface area contributed by atoms with Crippen LogP contribution in [0.5, 0.6) is 0 Å². The summed E-state index contributed by atoms with van der Waals surface area (Å²) in [6.45, 7) is 7.24. The summed E-state index contributed by atoms with van der Waals surface area (Å²) in [5.41, 5.74) is -0.00165. The Bertz CT molecular complexity index is 429. The van der Waals surface area contributed by atoms with E-state index in [1.165, 1.54) is 57.8 Å². The SMILES string of the molecule is CCCCC/C=C/C=C/C=C/CCCCCCC1=NC(C)(C)CO1. The highest BCUT2D eigenvalue weighted by Crippen LogP contribution is 2.19. The number of hydrogen-bond acceptors (Lipinski definition) is 2. The van der Waals surface area contributed by atoms with Crippen LogP contribution in [0.25, 0.3) is 0 Å². The fraction of sp³-hybridized carbons (Fsp3) is 0.682. The molecular formula is C22H37NO. The summed E-state index contributed by atoms with van der Waals surface area (Å²) in [7, 11) is 0. The van der Waals surface area contributed by atoms with E-state index >= 15 is 0 Å². The minimum atomic E-state index is -0.00165. The zero-order valence-electron chi connectivity index (χ0n) is 16.1. The summed E-state index contributed by atoms with van der Waals surface area (Å²) in [4.78, 5) is 4.59. The van der Waals surface area contributed by atoms with Crippen molar-refractivity contribution in [2.45, 2.75) is 90.5 Å². The maximum absolute atomic E-state index is 5.61. The molecule has 0 fully saturated rings. The Morgan fingerprint density at radius 2 is 1.50 bits per heavy atom. The lowest BCUT2D eigenvalue weighted by atomic mass is 10.1. The van der Waals surface area contributed by atoms with E-state index in [1.54, 1.807) is 0 Å². The molecule has 0 saturated carbocycles. The molecule has 0 aromatic heterocycles. The van der Waals surface area contributed by atoms with Crippen molar-refractivity contribution >= 4 is 5.90 Å². The number of allylic oxidation sites excluding steroid dienone is 6. The molecule has 0 N–H and O–H groups in total. The summed E-state index contributed by atoms with van der Waals surface area (Å²) in [5.74, 6) is 0.966. The fourth-order valence-electron chi connectivity index (χ4n) is 2.67. The van der Waals surface area contributed by atoms with Crippen LogP contribution in [0.4, 0.5) is 0 Å². The molecule has 0 saturated heterocycles. The molecule has 1 aliphatic heterocycles. The summed E-state index contributed by atoms with van der Waals surface area (Å²) >= 11 is 0. The average molecular weight is 332 g/mol. The Morgan fingerprint density at radius 3 is 2.08 bits per heavy atom. The van der Waals surface area contributed by atoms with Gasteiger partial charge in [0.15, 0.2) is 5.90 Å². The van der Waals surface area contributed by atoms with Crippen molar-refractivity contribution in [1.82, 2.24) is 0 Å². The van der Waals surface area contributed by atoms with E-state index in [2.05, 4.69) is 62.2 Å². The molecule has 2 nitrogen and oxygen atoms in total. The third kappa shape index (κ3) is 11.3. The van der Waals surface area contributed by atoms with Crippen molar-refractivity contribution < 1.29 is 4.74 Å². The van der Waals surface area contributed by atoms with Gasteiger partial charge in [-0.1, -0.05) is 69.1 Å². The normalized spacial score (nSPS) is 17.2. The van der Waals surface area contributed by atoms with Gasteiger partial charge in [0.05, 0.1) is 5.54 Å². The Hall–Kier alpha value is -1.31. The Kier molecular flexibility index (Phi) is 11.3. The monoisotopic (exact) mass is 331 g/mol. The maximum atomic E-state index is 5.61. The molecule has 0 atom stereocenters. The molecule has 0 bridgehead atoms. The Balaban J connectivity index is 1.91. The van der Waals surface area contributed by atoms with E-state index < -0.39 is 0 Å². The van der Waals surface area contributed by atoms with Gasteiger partial charge in [0.25, 0.3) is 0 Å². The number of rotatable bonds is 13. The van der Waals surface area contributed by atoms with Gasteiger partial charge in [-0.25, -0.2) is 4.99 Å². The first kappa shape index (κ1) is 20.7. The lowest BCUT2D eigenvalue weighted by molar-refractivity contribution is 0.273. The van der Waals surface area contributed by atoms with Crippen LogP contribution >= 0.6 is 0 Å². The molecule has 1 heterocycles. The molecule has 0 aromatic carbocycles. The number of aliphatic imine (C=N–C) groups is 1. The topological polar surface area (TPSA) is 21.6 Å². The van der Waals surface area contributed by atoms with Gasteiger partial charge < -0.3 is 4.74 Å². The van der Waals surface area contributed by atoms with E-state index in [0.717, 1.165) is 18.9 Å². The van der Waals surface area contributed by atoms with Crippen molar-refractivity contribution in [2.75, 3.05) is 6.61 Å². The number of hydrogen-bond donors (Lipinski definition) is 0. The summed E-state index contributed by atoms with van der Waals surface area (Å²) in [6.07, 6.45) is 25.5. The zero-order valence-corrected chi connectivity index (χ0v) is 16.1. The second-order valence-electron chi connectivity index (χ2n) is 7.30. The second kappa shape index (κ2) is 13.0. The third-order valence-electron chi connectivity index (χ3n) is 4.11. The Morgan fingerprint density at radius 1 is 0.875 bits per heavy atom. The van der Waals surface area contributed by atoms with Gasteiger partial charge in [-0.05, 0) is 46.0 Å². The molecule has 1 aliphatic rings. The summed E-state index contributed by atoms with van der Waals surface area (Å²) in [5, 5.41) is 0.